The highest BCUT2D eigenvalue weighted by Crippen LogP contribution is 2.34. The van der Waals surface area contributed by atoms with E-state index in [1.165, 1.54) is 0 Å². The first-order chi connectivity index (χ1) is 9.61. The van der Waals surface area contributed by atoms with Crippen molar-refractivity contribution < 1.29 is 19.2 Å². The average Bonchev–Trinajstić information content (AvgIpc) is 3.23. The molecule has 2 atom stereocenters. The van der Waals surface area contributed by atoms with Gasteiger partial charge in [-0.1, -0.05) is 18.1 Å². The van der Waals surface area contributed by atoms with Gasteiger partial charge in [0.1, 0.15) is 24.9 Å². The summed E-state index contributed by atoms with van der Waals surface area (Å²) in [5, 5.41) is 10.5. The van der Waals surface area contributed by atoms with Gasteiger partial charge in [0.2, 0.25) is 6.04 Å². The van der Waals surface area contributed by atoms with Gasteiger partial charge < -0.3 is 9.47 Å². The van der Waals surface area contributed by atoms with Gasteiger partial charge in [-0.15, -0.1) is 6.42 Å². The summed E-state index contributed by atoms with van der Waals surface area (Å²) in [5.41, 5.74) is 0.742. The van der Waals surface area contributed by atoms with Crippen LogP contribution < -0.4 is 4.74 Å². The maximum Gasteiger partial charge on any atom is 0.316 e. The van der Waals surface area contributed by atoms with Crippen molar-refractivity contribution in [2.45, 2.75) is 19.1 Å². The molecule has 0 spiro atoms. The summed E-state index contributed by atoms with van der Waals surface area (Å²) in [6.07, 6.45) is 5.35. The normalized spacial score (nSPS) is 19.8. The summed E-state index contributed by atoms with van der Waals surface area (Å²) < 4.78 is 10.3. The van der Waals surface area contributed by atoms with Crippen molar-refractivity contribution in [3.8, 4) is 18.1 Å². The van der Waals surface area contributed by atoms with Gasteiger partial charge >= 0.3 is 5.97 Å². The molecular weight excluding hydrogens is 262 g/mol. The molecule has 0 aromatic heterocycles. The summed E-state index contributed by atoms with van der Waals surface area (Å²) in [7, 11) is 0. The van der Waals surface area contributed by atoms with E-state index >= 15 is 0 Å². The van der Waals surface area contributed by atoms with Crippen LogP contribution in [0.4, 0.5) is 0 Å². The van der Waals surface area contributed by atoms with Crippen molar-refractivity contribution in [2.75, 3.05) is 6.61 Å². The maximum atomic E-state index is 11.6. The van der Waals surface area contributed by atoms with E-state index in [1.807, 2.05) is 0 Å². The highest BCUT2D eigenvalue weighted by molar-refractivity contribution is 5.76. The zero-order valence-electron chi connectivity index (χ0n) is 10.7. The number of carbonyl (C=O) groups excluding carboxylic acids is 1. The molecule has 6 heteroatoms. The summed E-state index contributed by atoms with van der Waals surface area (Å²) in [5.74, 6) is 1.81. The molecule has 20 heavy (non-hydrogen) atoms. The Kier molecular flexibility index (Phi) is 4.20. The number of terminal acetylenes is 1. The summed E-state index contributed by atoms with van der Waals surface area (Å²) in [6, 6.07) is 6.20. The summed E-state index contributed by atoms with van der Waals surface area (Å²) >= 11 is 0. The Morgan fingerprint density at radius 2 is 2.35 bits per heavy atom. The quantitative estimate of drug-likeness (QED) is 0.339. The first kappa shape index (κ1) is 13.9. The van der Waals surface area contributed by atoms with E-state index in [1.54, 1.807) is 24.3 Å². The second-order valence-corrected chi connectivity index (χ2v) is 4.44. The van der Waals surface area contributed by atoms with Crippen LogP contribution in [0.5, 0.6) is 5.75 Å². The Balaban J connectivity index is 1.84. The molecular formula is C14H13NO5. The largest absolute Gasteiger partial charge is 0.481 e. The van der Waals surface area contributed by atoms with Crippen molar-refractivity contribution >= 4 is 5.97 Å². The van der Waals surface area contributed by atoms with Crippen molar-refractivity contribution in [1.82, 2.24) is 0 Å². The van der Waals surface area contributed by atoms with Crippen LogP contribution in [0.2, 0.25) is 0 Å². The van der Waals surface area contributed by atoms with Crippen LogP contribution in [0.1, 0.15) is 12.0 Å². The highest BCUT2D eigenvalue weighted by atomic mass is 16.6. The van der Waals surface area contributed by atoms with E-state index in [0.29, 0.717) is 5.75 Å². The number of nitrogens with zero attached hydrogens (tertiary/aromatic N) is 1. The van der Waals surface area contributed by atoms with Crippen LogP contribution in [0.3, 0.4) is 0 Å². The van der Waals surface area contributed by atoms with Crippen molar-refractivity contribution in [1.29, 1.82) is 0 Å². The molecule has 1 fully saturated rings. The molecule has 0 saturated heterocycles. The molecule has 1 aliphatic carbocycles. The van der Waals surface area contributed by atoms with Crippen LogP contribution in [0, 0.1) is 28.4 Å². The Hall–Kier alpha value is -2.55. The molecule has 0 aliphatic heterocycles. The molecule has 0 N–H and O–H groups in total. The van der Waals surface area contributed by atoms with E-state index in [0.717, 1.165) is 5.56 Å². The van der Waals surface area contributed by atoms with Crippen LogP contribution >= 0.6 is 0 Å². The predicted octanol–water partition coefficient (Wildman–Crippen LogP) is 1.41. The van der Waals surface area contributed by atoms with E-state index in [-0.39, 0.29) is 19.6 Å². The smallest absolute Gasteiger partial charge is 0.316 e. The van der Waals surface area contributed by atoms with Gasteiger partial charge in [0.05, 0.1) is 0 Å². The first-order valence-electron chi connectivity index (χ1n) is 6.07. The number of hydrogen-bond donors (Lipinski definition) is 0. The fourth-order valence-corrected chi connectivity index (χ4v) is 1.78. The second kappa shape index (κ2) is 6.06. The minimum Gasteiger partial charge on any atom is -0.481 e. The highest BCUT2D eigenvalue weighted by Gasteiger charge is 2.54. The van der Waals surface area contributed by atoms with Gasteiger partial charge in [-0.3, -0.25) is 14.9 Å². The molecule has 0 bridgehead atoms. The number of esters is 1. The summed E-state index contributed by atoms with van der Waals surface area (Å²) in [4.78, 5) is 21.6. The molecule has 0 heterocycles. The first-order valence-corrected chi connectivity index (χ1v) is 6.07. The third-order valence-electron chi connectivity index (χ3n) is 2.93. The van der Waals surface area contributed by atoms with Gasteiger partial charge in [-0.2, -0.15) is 0 Å². The lowest BCUT2D eigenvalue weighted by molar-refractivity contribution is -0.497. The van der Waals surface area contributed by atoms with Crippen LogP contribution in [-0.4, -0.2) is 23.5 Å². The average molecular weight is 275 g/mol. The number of nitro groups is 1. The molecule has 6 nitrogen and oxygen atoms in total. The molecule has 104 valence electrons. The Bertz CT molecular complexity index is 563. The molecule has 0 radical (unpaired) electrons. The van der Waals surface area contributed by atoms with E-state index in [2.05, 4.69) is 5.92 Å². The third-order valence-corrected chi connectivity index (χ3v) is 2.93. The van der Waals surface area contributed by atoms with Gasteiger partial charge in [0.15, 0.2) is 0 Å². The van der Waals surface area contributed by atoms with Crippen molar-refractivity contribution in [2.24, 2.45) is 5.92 Å². The Morgan fingerprint density at radius 3 is 3.00 bits per heavy atom. The monoisotopic (exact) mass is 275 g/mol. The number of hydrogen-bond acceptors (Lipinski definition) is 5. The molecule has 1 aliphatic rings. The van der Waals surface area contributed by atoms with Crippen LogP contribution in [0.15, 0.2) is 24.3 Å². The van der Waals surface area contributed by atoms with E-state index in [4.69, 9.17) is 15.9 Å². The molecule has 1 saturated carbocycles. The lowest BCUT2D eigenvalue weighted by Gasteiger charge is -2.06. The molecule has 1 aromatic carbocycles. The van der Waals surface area contributed by atoms with Gasteiger partial charge in [-0.25, -0.2) is 0 Å². The minimum atomic E-state index is -0.784. The molecule has 1 aromatic rings. The van der Waals surface area contributed by atoms with E-state index < -0.39 is 22.9 Å². The number of rotatable bonds is 6. The van der Waals surface area contributed by atoms with E-state index in [9.17, 15) is 14.9 Å². The predicted molar refractivity (Wildman–Crippen MR) is 69.5 cm³/mol. The van der Waals surface area contributed by atoms with Crippen molar-refractivity contribution in [3.63, 3.8) is 0 Å². The zero-order chi connectivity index (χ0) is 14.5. The summed E-state index contributed by atoms with van der Waals surface area (Å²) in [6.45, 7) is 0.225. The number of ether oxygens (including phenoxy) is 2. The Labute approximate surface area is 115 Å². The van der Waals surface area contributed by atoms with Gasteiger partial charge in [0, 0.05) is 11.3 Å². The van der Waals surface area contributed by atoms with Crippen molar-refractivity contribution in [3.05, 3.63) is 39.9 Å². The second-order valence-electron chi connectivity index (χ2n) is 4.44. The van der Waals surface area contributed by atoms with Crippen LogP contribution in [0.25, 0.3) is 0 Å². The number of carbonyl (C=O) groups is 1. The van der Waals surface area contributed by atoms with Gasteiger partial charge in [-0.05, 0) is 17.7 Å². The number of benzene rings is 1. The SMILES string of the molecule is C#CCOc1cccc(COC(=O)[C@H]2C[C@@H]2[N+](=O)[O-])c1. The zero-order valence-corrected chi connectivity index (χ0v) is 10.7. The lowest BCUT2D eigenvalue weighted by Crippen LogP contribution is -2.13. The van der Waals surface area contributed by atoms with Crippen LogP contribution in [-0.2, 0) is 16.1 Å². The molecule has 0 unspecified atom stereocenters. The van der Waals surface area contributed by atoms with Gasteiger partial charge in [0.25, 0.3) is 0 Å². The standard InChI is InChI=1S/C14H13NO5/c1-2-6-19-11-5-3-4-10(7-11)9-20-14(16)12-8-13(12)15(17)18/h1,3-5,7,12-13H,6,8-9H2/t12-,13-/m0/s1. The molecule has 2 rings (SSSR count). The topological polar surface area (TPSA) is 78.7 Å². The fraction of sp³-hybridized carbons (Fsp3) is 0.357. The fourth-order valence-electron chi connectivity index (χ4n) is 1.78. The molecule has 0 amide bonds. The maximum absolute atomic E-state index is 11.6. The third kappa shape index (κ3) is 3.48. The minimum absolute atomic E-state index is 0.0625. The lowest BCUT2D eigenvalue weighted by atomic mass is 10.2. The Morgan fingerprint density at radius 1 is 1.55 bits per heavy atom.